The molecule has 0 saturated heterocycles. The molecule has 0 radical (unpaired) electrons. The van der Waals surface area contributed by atoms with Gasteiger partial charge >= 0.3 is 170 Å². The Balaban J connectivity index is 1.28. The summed E-state index contributed by atoms with van der Waals surface area (Å²) < 4.78 is 6.48. The van der Waals surface area contributed by atoms with E-state index in [1.807, 2.05) is 37.5 Å². The van der Waals surface area contributed by atoms with Crippen molar-refractivity contribution in [3.63, 3.8) is 0 Å². The molecule has 0 N–H and O–H groups in total. The van der Waals surface area contributed by atoms with E-state index in [0.29, 0.717) is 0 Å². The molecule has 140 valence electrons. The van der Waals surface area contributed by atoms with Gasteiger partial charge in [-0.05, 0) is 0 Å². The molecular formula is C21H22N2O2Se2. The first-order valence-corrected chi connectivity index (χ1v) is 12.6. The summed E-state index contributed by atoms with van der Waals surface area (Å²) in [6, 6.07) is 14.1. The quantitative estimate of drug-likeness (QED) is 0.294. The van der Waals surface area contributed by atoms with E-state index in [4.69, 9.17) is 0 Å². The normalized spacial score (nSPS) is 11.6. The Kier molecular flexibility index (Phi) is 5.70. The van der Waals surface area contributed by atoms with Crippen LogP contribution < -0.4 is 11.1 Å². The molecule has 4 aromatic rings. The molecular weight excluding hydrogens is 470 g/mol. The molecule has 0 spiro atoms. The molecule has 2 heterocycles. The van der Waals surface area contributed by atoms with Crippen LogP contribution in [0.15, 0.2) is 52.1 Å². The van der Waals surface area contributed by atoms with Crippen molar-refractivity contribution in [1.82, 2.24) is 7.12 Å². The number of nitrogens with zero attached hydrogens (tertiary/aromatic N) is 2. The third-order valence-electron chi connectivity index (χ3n) is 4.83. The number of hydrogen-bond donors (Lipinski definition) is 0. The summed E-state index contributed by atoms with van der Waals surface area (Å²) in [5, 5.41) is 1.79. The number of hydrogen-bond acceptors (Lipinski definition) is 2. The Morgan fingerprint density at radius 1 is 0.741 bits per heavy atom. The maximum atomic E-state index is 12.4. The van der Waals surface area contributed by atoms with Crippen LogP contribution in [0.2, 0.25) is 0 Å². The second-order valence-corrected chi connectivity index (χ2v) is 11.4. The van der Waals surface area contributed by atoms with Crippen LogP contribution >= 0.6 is 0 Å². The molecule has 0 unspecified atom stereocenters. The van der Waals surface area contributed by atoms with Gasteiger partial charge in [0.05, 0.1) is 0 Å². The summed E-state index contributed by atoms with van der Waals surface area (Å²) >= 11 is 0.275. The van der Waals surface area contributed by atoms with Gasteiger partial charge in [0.1, 0.15) is 0 Å². The average Bonchev–Trinajstić information content (AvgIpc) is 3.15. The summed E-state index contributed by atoms with van der Waals surface area (Å²) in [7, 11) is 0. The fourth-order valence-corrected chi connectivity index (χ4v) is 7.89. The molecule has 0 fully saturated rings. The van der Waals surface area contributed by atoms with Gasteiger partial charge < -0.3 is 0 Å². The first kappa shape index (κ1) is 18.8. The van der Waals surface area contributed by atoms with Crippen LogP contribution in [0.25, 0.3) is 19.3 Å². The Labute approximate surface area is 170 Å². The average molecular weight is 492 g/mol. The van der Waals surface area contributed by atoms with Crippen molar-refractivity contribution in [2.75, 3.05) is 0 Å². The fourth-order valence-electron chi connectivity index (χ4n) is 3.35. The van der Waals surface area contributed by atoms with Crippen LogP contribution in [0.5, 0.6) is 0 Å². The number of rotatable bonds is 7. The second kappa shape index (κ2) is 8.20. The number of unbranched alkanes of at least 4 members (excludes halogenated alkanes) is 3. The minimum absolute atomic E-state index is 0.134. The number of benzene rings is 2. The van der Waals surface area contributed by atoms with E-state index >= 15 is 0 Å². The van der Waals surface area contributed by atoms with Crippen molar-refractivity contribution in [3.05, 3.63) is 68.7 Å². The maximum absolute atomic E-state index is 12.4. The third-order valence-corrected chi connectivity index (χ3v) is 9.50. The van der Waals surface area contributed by atoms with E-state index < -0.39 is 0 Å². The van der Waals surface area contributed by atoms with Gasteiger partial charge in [-0.1, -0.05) is 0 Å². The molecule has 0 bridgehead atoms. The summed E-state index contributed by atoms with van der Waals surface area (Å²) in [4.78, 5) is 24.8. The van der Waals surface area contributed by atoms with E-state index in [2.05, 4.69) is 19.1 Å². The van der Waals surface area contributed by atoms with Gasteiger partial charge in [0, 0.05) is 0 Å². The molecule has 4 rings (SSSR count). The van der Waals surface area contributed by atoms with Crippen LogP contribution in [0.1, 0.15) is 31.2 Å². The summed E-state index contributed by atoms with van der Waals surface area (Å²) in [5.74, 6) is 0. The molecule has 0 saturated carbocycles. The van der Waals surface area contributed by atoms with Crippen molar-refractivity contribution < 1.29 is 0 Å². The van der Waals surface area contributed by atoms with Crippen molar-refractivity contribution in [1.29, 1.82) is 0 Å². The Bertz CT molecular complexity index is 1200. The zero-order valence-electron chi connectivity index (χ0n) is 15.3. The SMILES string of the molecule is Cc1ccc2c(=O)n(CCCCCCn3[se]c4ccccc4c3=O)[se]c2c1. The molecule has 0 atom stereocenters. The molecule has 0 aliphatic heterocycles. The number of aromatic nitrogens is 2. The van der Waals surface area contributed by atoms with Gasteiger partial charge in [-0.2, -0.15) is 0 Å². The first-order valence-electron chi connectivity index (χ1n) is 9.33. The van der Waals surface area contributed by atoms with E-state index in [-0.39, 0.29) is 40.6 Å². The number of aryl methyl sites for hydroxylation is 3. The predicted octanol–water partition coefficient (Wildman–Crippen LogP) is 3.00. The predicted molar refractivity (Wildman–Crippen MR) is 114 cm³/mol. The van der Waals surface area contributed by atoms with Gasteiger partial charge in [0.2, 0.25) is 0 Å². The Morgan fingerprint density at radius 2 is 1.33 bits per heavy atom. The zero-order chi connectivity index (χ0) is 18.8. The van der Waals surface area contributed by atoms with Gasteiger partial charge in [-0.3, -0.25) is 0 Å². The van der Waals surface area contributed by atoms with Crippen molar-refractivity contribution >= 4 is 48.8 Å². The topological polar surface area (TPSA) is 44.0 Å². The third kappa shape index (κ3) is 4.00. The van der Waals surface area contributed by atoms with E-state index in [0.717, 1.165) is 49.5 Å². The molecule has 0 aliphatic rings. The Morgan fingerprint density at radius 3 is 2.00 bits per heavy atom. The molecule has 0 amide bonds. The van der Waals surface area contributed by atoms with E-state index in [9.17, 15) is 9.59 Å². The molecule has 2 aromatic carbocycles. The number of fused-ring (bicyclic) bond motifs is 2. The molecule has 0 aliphatic carbocycles. The van der Waals surface area contributed by atoms with E-state index in [1.54, 1.807) is 0 Å². The summed E-state index contributed by atoms with van der Waals surface area (Å²) in [6.07, 6.45) is 4.30. The summed E-state index contributed by atoms with van der Waals surface area (Å²) in [6.45, 7) is 3.78. The van der Waals surface area contributed by atoms with Crippen LogP contribution in [0.4, 0.5) is 0 Å². The fraction of sp³-hybridized carbons (Fsp3) is 0.333. The van der Waals surface area contributed by atoms with Gasteiger partial charge in [-0.25, -0.2) is 0 Å². The van der Waals surface area contributed by atoms with Gasteiger partial charge in [0.25, 0.3) is 0 Å². The Hall–Kier alpha value is -1.58. The zero-order valence-corrected chi connectivity index (χ0v) is 18.7. The van der Waals surface area contributed by atoms with Crippen molar-refractivity contribution in [3.8, 4) is 0 Å². The van der Waals surface area contributed by atoms with Crippen LogP contribution in [0, 0.1) is 6.92 Å². The second-order valence-electron chi connectivity index (χ2n) is 6.91. The van der Waals surface area contributed by atoms with Crippen LogP contribution in [0.3, 0.4) is 0 Å². The van der Waals surface area contributed by atoms with Crippen LogP contribution in [-0.2, 0) is 13.1 Å². The molecule has 4 nitrogen and oxygen atoms in total. The van der Waals surface area contributed by atoms with Crippen LogP contribution in [-0.4, -0.2) is 36.6 Å². The van der Waals surface area contributed by atoms with Crippen molar-refractivity contribution in [2.24, 2.45) is 0 Å². The van der Waals surface area contributed by atoms with Crippen molar-refractivity contribution in [2.45, 2.75) is 45.7 Å². The monoisotopic (exact) mass is 494 g/mol. The standard InChI is InChI=1S/C21H22N2O2Se2/c1-15-10-11-17-19(14-15)27-23(21(17)25)13-7-3-2-6-12-22-20(24)16-8-4-5-9-18(16)26-22/h4-5,8-11,14H,2-3,6-7,12-13H2,1H3. The minimum atomic E-state index is 0.134. The van der Waals surface area contributed by atoms with Gasteiger partial charge in [0.15, 0.2) is 0 Å². The van der Waals surface area contributed by atoms with Gasteiger partial charge in [-0.15, -0.1) is 0 Å². The first-order chi connectivity index (χ1) is 13.1. The molecule has 27 heavy (non-hydrogen) atoms. The molecule has 6 heteroatoms. The van der Waals surface area contributed by atoms with E-state index in [1.165, 1.54) is 14.1 Å². The molecule has 2 aromatic heterocycles. The summed E-state index contributed by atoms with van der Waals surface area (Å²) in [5.41, 5.74) is 1.63.